The second-order valence-electron chi connectivity index (χ2n) is 5.25. The molecule has 0 aromatic heterocycles. The van der Waals surface area contributed by atoms with Gasteiger partial charge >= 0.3 is 0 Å². The van der Waals surface area contributed by atoms with E-state index in [1.54, 1.807) is 0 Å². The summed E-state index contributed by atoms with van der Waals surface area (Å²) in [4.78, 5) is 2.56. The maximum absolute atomic E-state index is 3.45. The highest BCUT2D eigenvalue weighted by molar-refractivity contribution is 5.56. The first-order chi connectivity index (χ1) is 8.22. The summed E-state index contributed by atoms with van der Waals surface area (Å²) in [5, 5.41) is 3.45. The summed E-state index contributed by atoms with van der Waals surface area (Å²) in [5.41, 5.74) is 2.95. The van der Waals surface area contributed by atoms with Crippen molar-refractivity contribution in [2.45, 2.75) is 33.2 Å². The number of anilines is 1. The standard InChI is InChI=1S/C15H24N2/c1-4-16-10-13(3)17-11-12(2)9-14-7-5-6-8-15(14)17/h5-8,12-13,16H,4,9-11H2,1-3H3. The molecule has 1 heterocycles. The van der Waals surface area contributed by atoms with Gasteiger partial charge in [0.25, 0.3) is 0 Å². The molecule has 0 amide bonds. The fourth-order valence-corrected chi connectivity index (χ4v) is 2.72. The van der Waals surface area contributed by atoms with E-state index < -0.39 is 0 Å². The largest absolute Gasteiger partial charge is 0.367 e. The molecule has 0 fully saturated rings. The second-order valence-corrected chi connectivity index (χ2v) is 5.25. The van der Waals surface area contributed by atoms with E-state index in [2.05, 4.69) is 55.3 Å². The Balaban J connectivity index is 2.17. The minimum Gasteiger partial charge on any atom is -0.367 e. The second kappa shape index (κ2) is 5.54. The minimum absolute atomic E-state index is 0.568. The Morgan fingerprint density at radius 2 is 2.18 bits per heavy atom. The van der Waals surface area contributed by atoms with Crippen LogP contribution in [0.5, 0.6) is 0 Å². The van der Waals surface area contributed by atoms with Crippen molar-refractivity contribution >= 4 is 5.69 Å². The third-order valence-corrected chi connectivity index (χ3v) is 3.60. The molecule has 0 spiro atoms. The molecule has 1 aromatic rings. The van der Waals surface area contributed by atoms with Crippen LogP contribution in [0.25, 0.3) is 0 Å². The molecule has 0 aliphatic carbocycles. The summed E-state index contributed by atoms with van der Waals surface area (Å²) in [7, 11) is 0. The summed E-state index contributed by atoms with van der Waals surface area (Å²) in [6.45, 7) is 10.1. The molecule has 0 saturated heterocycles. The van der Waals surface area contributed by atoms with Crippen LogP contribution in [0.4, 0.5) is 5.69 Å². The third-order valence-electron chi connectivity index (χ3n) is 3.60. The number of likely N-dealkylation sites (N-methyl/N-ethyl adjacent to an activating group) is 1. The molecule has 2 nitrogen and oxygen atoms in total. The van der Waals surface area contributed by atoms with Crippen LogP contribution in [0, 0.1) is 5.92 Å². The van der Waals surface area contributed by atoms with Crippen LogP contribution in [-0.2, 0) is 6.42 Å². The van der Waals surface area contributed by atoms with Crippen molar-refractivity contribution in [2.75, 3.05) is 24.5 Å². The quantitative estimate of drug-likeness (QED) is 0.858. The van der Waals surface area contributed by atoms with E-state index in [-0.39, 0.29) is 0 Å². The number of hydrogen-bond acceptors (Lipinski definition) is 2. The highest BCUT2D eigenvalue weighted by atomic mass is 15.2. The lowest BCUT2D eigenvalue weighted by atomic mass is 9.93. The molecule has 1 aromatic carbocycles. The van der Waals surface area contributed by atoms with Gasteiger partial charge in [-0.2, -0.15) is 0 Å². The topological polar surface area (TPSA) is 15.3 Å². The molecule has 1 aliphatic rings. The molecule has 1 aliphatic heterocycles. The van der Waals surface area contributed by atoms with Gasteiger partial charge in [-0.1, -0.05) is 32.0 Å². The Bertz CT molecular complexity index is 362. The Morgan fingerprint density at radius 3 is 2.94 bits per heavy atom. The molecule has 2 unspecified atom stereocenters. The Kier molecular flexibility index (Phi) is 4.06. The first kappa shape index (κ1) is 12.4. The number of nitrogens with one attached hydrogen (secondary N) is 1. The average Bonchev–Trinajstić information content (AvgIpc) is 2.34. The molecule has 0 saturated carbocycles. The number of para-hydroxylation sites is 1. The van der Waals surface area contributed by atoms with Gasteiger partial charge in [-0.15, -0.1) is 0 Å². The van der Waals surface area contributed by atoms with Crippen LogP contribution in [-0.4, -0.2) is 25.7 Å². The van der Waals surface area contributed by atoms with E-state index in [4.69, 9.17) is 0 Å². The third kappa shape index (κ3) is 2.81. The summed E-state index contributed by atoms with van der Waals surface area (Å²) in [5.74, 6) is 0.758. The SMILES string of the molecule is CCNCC(C)N1CC(C)Cc2ccccc21. The number of hydrogen-bond donors (Lipinski definition) is 1. The summed E-state index contributed by atoms with van der Waals surface area (Å²) in [6, 6.07) is 9.42. The Morgan fingerprint density at radius 1 is 1.41 bits per heavy atom. The molecular formula is C15H24N2. The van der Waals surface area contributed by atoms with Gasteiger partial charge in [0.15, 0.2) is 0 Å². The van der Waals surface area contributed by atoms with Gasteiger partial charge in [0.1, 0.15) is 0 Å². The van der Waals surface area contributed by atoms with E-state index >= 15 is 0 Å². The molecule has 2 heteroatoms. The normalized spacial score (nSPS) is 21.1. The predicted molar refractivity (Wildman–Crippen MR) is 74.7 cm³/mol. The first-order valence-electron chi connectivity index (χ1n) is 6.77. The zero-order valence-corrected chi connectivity index (χ0v) is 11.2. The van der Waals surface area contributed by atoms with Crippen molar-refractivity contribution < 1.29 is 0 Å². The average molecular weight is 232 g/mol. The molecule has 2 atom stereocenters. The number of nitrogens with zero attached hydrogens (tertiary/aromatic N) is 1. The van der Waals surface area contributed by atoms with Crippen LogP contribution in [0.15, 0.2) is 24.3 Å². The lowest BCUT2D eigenvalue weighted by Gasteiger charge is -2.39. The van der Waals surface area contributed by atoms with E-state index in [0.717, 1.165) is 19.0 Å². The summed E-state index contributed by atoms with van der Waals surface area (Å²) < 4.78 is 0. The monoisotopic (exact) mass is 232 g/mol. The molecular weight excluding hydrogens is 208 g/mol. The fourth-order valence-electron chi connectivity index (χ4n) is 2.72. The van der Waals surface area contributed by atoms with Gasteiger partial charge in [-0.3, -0.25) is 0 Å². The molecule has 17 heavy (non-hydrogen) atoms. The van der Waals surface area contributed by atoms with E-state index in [0.29, 0.717) is 6.04 Å². The van der Waals surface area contributed by atoms with Crippen molar-refractivity contribution in [3.63, 3.8) is 0 Å². The predicted octanol–water partition coefficient (Wildman–Crippen LogP) is 2.68. The van der Waals surface area contributed by atoms with Gasteiger partial charge in [-0.25, -0.2) is 0 Å². The van der Waals surface area contributed by atoms with Crippen LogP contribution >= 0.6 is 0 Å². The van der Waals surface area contributed by atoms with E-state index in [1.165, 1.54) is 24.2 Å². The van der Waals surface area contributed by atoms with Crippen LogP contribution in [0.3, 0.4) is 0 Å². The molecule has 0 radical (unpaired) electrons. The van der Waals surface area contributed by atoms with E-state index in [1.807, 2.05) is 0 Å². The molecule has 0 bridgehead atoms. The van der Waals surface area contributed by atoms with Crippen molar-refractivity contribution in [1.29, 1.82) is 0 Å². The number of rotatable bonds is 4. The van der Waals surface area contributed by atoms with Gasteiger partial charge in [0.05, 0.1) is 0 Å². The fraction of sp³-hybridized carbons (Fsp3) is 0.600. The molecule has 94 valence electrons. The minimum atomic E-state index is 0.568. The highest BCUT2D eigenvalue weighted by Crippen LogP contribution is 2.30. The lowest BCUT2D eigenvalue weighted by Crippen LogP contribution is -2.45. The highest BCUT2D eigenvalue weighted by Gasteiger charge is 2.24. The number of fused-ring (bicyclic) bond motifs is 1. The van der Waals surface area contributed by atoms with E-state index in [9.17, 15) is 0 Å². The maximum Gasteiger partial charge on any atom is 0.0401 e. The maximum atomic E-state index is 3.45. The van der Waals surface area contributed by atoms with Gasteiger partial charge < -0.3 is 10.2 Å². The zero-order valence-electron chi connectivity index (χ0n) is 11.2. The van der Waals surface area contributed by atoms with Crippen molar-refractivity contribution in [3.05, 3.63) is 29.8 Å². The Hall–Kier alpha value is -1.02. The molecule has 2 rings (SSSR count). The Labute approximate surface area is 105 Å². The van der Waals surface area contributed by atoms with Crippen molar-refractivity contribution in [1.82, 2.24) is 5.32 Å². The first-order valence-corrected chi connectivity index (χ1v) is 6.77. The van der Waals surface area contributed by atoms with Crippen molar-refractivity contribution in [3.8, 4) is 0 Å². The van der Waals surface area contributed by atoms with Gasteiger partial charge in [-0.05, 0) is 37.4 Å². The van der Waals surface area contributed by atoms with Crippen LogP contribution in [0.2, 0.25) is 0 Å². The van der Waals surface area contributed by atoms with Crippen LogP contribution in [0.1, 0.15) is 26.3 Å². The number of benzene rings is 1. The van der Waals surface area contributed by atoms with Crippen molar-refractivity contribution in [2.24, 2.45) is 5.92 Å². The van der Waals surface area contributed by atoms with Crippen LogP contribution < -0.4 is 10.2 Å². The zero-order chi connectivity index (χ0) is 12.3. The van der Waals surface area contributed by atoms with Gasteiger partial charge in [0, 0.05) is 24.8 Å². The lowest BCUT2D eigenvalue weighted by molar-refractivity contribution is 0.479. The molecule has 1 N–H and O–H groups in total. The summed E-state index contributed by atoms with van der Waals surface area (Å²) in [6.07, 6.45) is 1.22. The van der Waals surface area contributed by atoms with Gasteiger partial charge in [0.2, 0.25) is 0 Å². The summed E-state index contributed by atoms with van der Waals surface area (Å²) >= 11 is 0. The smallest absolute Gasteiger partial charge is 0.0401 e.